The van der Waals surface area contributed by atoms with Crippen LogP contribution in [0.15, 0.2) is 24.3 Å². The fourth-order valence-corrected chi connectivity index (χ4v) is 4.11. The van der Waals surface area contributed by atoms with Crippen molar-refractivity contribution in [1.29, 1.82) is 0 Å². The summed E-state index contributed by atoms with van der Waals surface area (Å²) < 4.78 is 6.08. The molecule has 1 N–H and O–H groups in total. The number of rotatable bonds is 4. The van der Waals surface area contributed by atoms with Gasteiger partial charge in [-0.05, 0) is 42.8 Å². The van der Waals surface area contributed by atoms with Crippen LogP contribution in [0.5, 0.6) is 5.75 Å². The van der Waals surface area contributed by atoms with E-state index in [0.717, 1.165) is 31.9 Å². The highest BCUT2D eigenvalue weighted by atomic mass is 28.4. The van der Waals surface area contributed by atoms with Crippen molar-refractivity contribution in [2.75, 3.05) is 26.2 Å². The first kappa shape index (κ1) is 17.5. The Bertz CT molecular complexity index is 467. The maximum atomic E-state index is 6.08. The lowest BCUT2D eigenvalue weighted by molar-refractivity contribution is 0.0862. The highest BCUT2D eigenvalue weighted by molar-refractivity contribution is 6.70. The third kappa shape index (κ3) is 4.83. The van der Waals surface area contributed by atoms with Gasteiger partial charge in [-0.2, -0.15) is 0 Å². The molecule has 1 aliphatic rings. The van der Waals surface area contributed by atoms with Gasteiger partial charge in [0.2, 0.25) is 8.32 Å². The minimum atomic E-state index is -1.53. The van der Waals surface area contributed by atoms with Gasteiger partial charge in [0.15, 0.2) is 0 Å². The zero-order valence-corrected chi connectivity index (χ0v) is 16.1. The molecule has 1 heterocycles. The molecule has 2 rings (SSSR count). The minimum absolute atomic E-state index is 0.221. The Morgan fingerprint density at radius 3 is 2.05 bits per heavy atom. The Labute approximate surface area is 137 Å². The zero-order valence-electron chi connectivity index (χ0n) is 15.1. The highest BCUT2D eigenvalue weighted by Gasteiger charge is 2.32. The van der Waals surface area contributed by atoms with Crippen LogP contribution in [-0.4, -0.2) is 39.4 Å². The van der Waals surface area contributed by atoms with E-state index in [4.69, 9.17) is 4.43 Å². The monoisotopic (exact) mass is 320 g/mol. The average molecular weight is 321 g/mol. The molecular formula is C18H32N2OSi. The molecule has 0 radical (unpaired) electrons. The molecule has 0 spiro atoms. The molecule has 0 aromatic heterocycles. The second-order valence-electron chi connectivity index (χ2n) is 8.34. The van der Waals surface area contributed by atoms with Crippen LogP contribution in [0.4, 0.5) is 0 Å². The van der Waals surface area contributed by atoms with Gasteiger partial charge in [0.05, 0.1) is 0 Å². The second kappa shape index (κ2) is 6.73. The molecule has 1 fully saturated rings. The van der Waals surface area contributed by atoms with E-state index < -0.39 is 8.32 Å². The number of piperazine rings is 1. The summed E-state index contributed by atoms with van der Waals surface area (Å²) in [7, 11) is -1.53. The van der Waals surface area contributed by atoms with Crippen molar-refractivity contribution < 1.29 is 4.43 Å². The summed E-state index contributed by atoms with van der Waals surface area (Å²) in [5, 5.41) is 3.45. The highest BCUT2D eigenvalue weighted by Crippen LogP contribution is 2.38. The molecule has 1 saturated heterocycles. The molecule has 0 aliphatic carbocycles. The maximum absolute atomic E-state index is 6.08. The van der Waals surface area contributed by atoms with E-state index in [1.54, 1.807) is 0 Å². The molecule has 1 aromatic carbocycles. The number of hydrogen-bond acceptors (Lipinski definition) is 3. The van der Waals surface area contributed by atoms with Crippen LogP contribution in [0.25, 0.3) is 0 Å². The van der Waals surface area contributed by atoms with E-state index in [1.807, 2.05) is 0 Å². The van der Waals surface area contributed by atoms with Crippen molar-refractivity contribution >= 4 is 8.32 Å². The Morgan fingerprint density at radius 2 is 1.59 bits per heavy atom. The number of nitrogens with zero attached hydrogens (tertiary/aromatic N) is 1. The van der Waals surface area contributed by atoms with Crippen molar-refractivity contribution in [3.63, 3.8) is 0 Å². The molecular weight excluding hydrogens is 288 g/mol. The van der Waals surface area contributed by atoms with E-state index in [2.05, 4.69) is 74.9 Å². The van der Waals surface area contributed by atoms with Crippen LogP contribution in [0, 0.1) is 5.41 Å². The molecule has 1 aromatic rings. The summed E-state index contributed by atoms with van der Waals surface area (Å²) >= 11 is 0. The van der Waals surface area contributed by atoms with Gasteiger partial charge < -0.3 is 9.74 Å². The van der Waals surface area contributed by atoms with Crippen molar-refractivity contribution in [3.05, 3.63) is 29.8 Å². The molecule has 1 aliphatic heterocycles. The lowest BCUT2D eigenvalue weighted by Crippen LogP contribution is -2.48. The van der Waals surface area contributed by atoms with Gasteiger partial charge in [-0.3, -0.25) is 4.90 Å². The molecule has 22 heavy (non-hydrogen) atoms. The normalized spacial score (nSPS) is 19.0. The predicted octanol–water partition coefficient (Wildman–Crippen LogP) is 3.89. The first-order valence-electron chi connectivity index (χ1n) is 8.40. The number of nitrogens with one attached hydrogen (secondary N) is 1. The molecule has 3 nitrogen and oxygen atoms in total. The second-order valence-corrected chi connectivity index (χ2v) is 12.8. The summed E-state index contributed by atoms with van der Waals surface area (Å²) in [6, 6.07) is 9.26. The zero-order chi connectivity index (χ0) is 16.4. The fourth-order valence-electron chi connectivity index (χ4n) is 3.27. The predicted molar refractivity (Wildman–Crippen MR) is 97.1 cm³/mol. The molecule has 1 atom stereocenters. The SMILES string of the molecule is CC(C)(C)[C@@H](c1ccc(O[Si](C)(C)C)cc1)N1CCNCC1. The quantitative estimate of drug-likeness (QED) is 0.852. The van der Waals surface area contributed by atoms with Gasteiger partial charge >= 0.3 is 0 Å². The van der Waals surface area contributed by atoms with Gasteiger partial charge in [0.1, 0.15) is 5.75 Å². The Kier molecular flexibility index (Phi) is 5.36. The number of hydrogen-bond donors (Lipinski definition) is 1. The van der Waals surface area contributed by atoms with Crippen LogP contribution in [0.1, 0.15) is 32.4 Å². The van der Waals surface area contributed by atoms with Crippen LogP contribution >= 0.6 is 0 Å². The minimum Gasteiger partial charge on any atom is -0.544 e. The topological polar surface area (TPSA) is 24.5 Å². The lowest BCUT2D eigenvalue weighted by atomic mass is 9.81. The largest absolute Gasteiger partial charge is 0.544 e. The van der Waals surface area contributed by atoms with Crippen molar-refractivity contribution in [2.45, 2.75) is 46.5 Å². The lowest BCUT2D eigenvalue weighted by Gasteiger charge is -2.42. The van der Waals surface area contributed by atoms with Gasteiger partial charge in [-0.1, -0.05) is 32.9 Å². The van der Waals surface area contributed by atoms with Gasteiger partial charge in [-0.25, -0.2) is 0 Å². The van der Waals surface area contributed by atoms with Crippen molar-refractivity contribution in [3.8, 4) is 5.75 Å². The van der Waals surface area contributed by atoms with Crippen LogP contribution in [0.2, 0.25) is 19.6 Å². The summed E-state index contributed by atoms with van der Waals surface area (Å²) in [6.45, 7) is 18.1. The molecule has 0 bridgehead atoms. The van der Waals surface area contributed by atoms with Crippen LogP contribution < -0.4 is 9.74 Å². The third-order valence-electron chi connectivity index (χ3n) is 3.96. The number of benzene rings is 1. The smallest absolute Gasteiger partial charge is 0.242 e. The van der Waals surface area contributed by atoms with E-state index >= 15 is 0 Å². The Morgan fingerprint density at radius 1 is 1.05 bits per heavy atom. The van der Waals surface area contributed by atoms with Gasteiger partial charge in [-0.15, -0.1) is 0 Å². The third-order valence-corrected chi connectivity index (χ3v) is 4.80. The first-order valence-corrected chi connectivity index (χ1v) is 11.8. The Balaban J connectivity index is 2.20. The molecule has 0 saturated carbocycles. The van der Waals surface area contributed by atoms with Crippen LogP contribution in [-0.2, 0) is 0 Å². The summed E-state index contributed by atoms with van der Waals surface area (Å²) in [5.74, 6) is 1.01. The molecule has 4 heteroatoms. The van der Waals surface area contributed by atoms with Crippen LogP contribution in [0.3, 0.4) is 0 Å². The van der Waals surface area contributed by atoms with E-state index in [1.165, 1.54) is 5.56 Å². The Hall–Kier alpha value is -0.843. The summed E-state index contributed by atoms with van der Waals surface area (Å²) in [6.07, 6.45) is 0. The fraction of sp³-hybridized carbons (Fsp3) is 0.667. The molecule has 124 valence electrons. The van der Waals surface area contributed by atoms with Crippen molar-refractivity contribution in [1.82, 2.24) is 10.2 Å². The molecule has 0 unspecified atom stereocenters. The van der Waals surface area contributed by atoms with Gasteiger partial charge in [0.25, 0.3) is 0 Å². The van der Waals surface area contributed by atoms with E-state index in [9.17, 15) is 0 Å². The maximum Gasteiger partial charge on any atom is 0.242 e. The summed E-state index contributed by atoms with van der Waals surface area (Å²) in [4.78, 5) is 2.62. The first-order chi connectivity index (χ1) is 10.2. The van der Waals surface area contributed by atoms with E-state index in [0.29, 0.717) is 6.04 Å². The average Bonchev–Trinajstić information content (AvgIpc) is 2.39. The molecule has 0 amide bonds. The standard InChI is InChI=1S/C18H32N2OSi/c1-18(2,3)17(20-13-11-19-12-14-20)15-7-9-16(10-8-15)21-22(4,5)6/h7-10,17,19H,11-14H2,1-6H3/t17-/m1/s1. The van der Waals surface area contributed by atoms with E-state index in [-0.39, 0.29) is 5.41 Å². The van der Waals surface area contributed by atoms with Crippen molar-refractivity contribution in [2.24, 2.45) is 5.41 Å². The summed E-state index contributed by atoms with van der Waals surface area (Å²) in [5.41, 5.74) is 1.62. The van der Waals surface area contributed by atoms with Gasteiger partial charge in [0, 0.05) is 32.2 Å².